The lowest BCUT2D eigenvalue weighted by Crippen LogP contribution is -2.46. The van der Waals surface area contributed by atoms with Crippen molar-refractivity contribution in [2.45, 2.75) is 71.6 Å². The summed E-state index contributed by atoms with van der Waals surface area (Å²) in [4.78, 5) is 15.8. The molecule has 2 nitrogen and oxygen atoms in total. The Morgan fingerprint density at radius 2 is 1.50 bits per heavy atom. The van der Waals surface area contributed by atoms with Crippen LogP contribution in [0.25, 0.3) is 5.57 Å². The third-order valence-corrected chi connectivity index (χ3v) is 14.7. The molecule has 0 saturated carbocycles. The Balaban J connectivity index is 2.23. The summed E-state index contributed by atoms with van der Waals surface area (Å²) in [7, 11) is -2.14. The van der Waals surface area contributed by atoms with Crippen LogP contribution in [0, 0.1) is 6.92 Å². The highest BCUT2D eigenvalue weighted by Gasteiger charge is 2.49. The van der Waals surface area contributed by atoms with Gasteiger partial charge in [0, 0.05) is 10.2 Å². The summed E-state index contributed by atoms with van der Waals surface area (Å²) in [6.07, 6.45) is 0. The molecule has 0 aromatic heterocycles. The highest BCUT2D eigenvalue weighted by molar-refractivity contribution is 6.98. The number of anilines is 1. The summed E-state index contributed by atoms with van der Waals surface area (Å²) < 4.78 is 0.855. The van der Waals surface area contributed by atoms with Crippen LogP contribution in [0.3, 0.4) is 0 Å². The van der Waals surface area contributed by atoms with E-state index in [9.17, 15) is 4.79 Å². The maximum atomic E-state index is 13.8. The zero-order chi connectivity index (χ0) is 22.2. The van der Waals surface area contributed by atoms with Crippen molar-refractivity contribution in [3.8, 4) is 0 Å². The van der Waals surface area contributed by atoms with Gasteiger partial charge in [0.25, 0.3) is 5.91 Å². The van der Waals surface area contributed by atoms with Crippen LogP contribution in [-0.4, -0.2) is 14.0 Å². The molecule has 160 valence electrons. The molecule has 0 N–H and O–H groups in total. The summed E-state index contributed by atoms with van der Waals surface area (Å²) in [6, 6.07) is 16.5. The molecule has 0 spiro atoms. The lowest BCUT2D eigenvalue weighted by molar-refractivity contribution is -0.113. The predicted molar refractivity (Wildman–Crippen MR) is 133 cm³/mol. The first-order valence-corrected chi connectivity index (χ1v) is 13.6. The number of hydrogen-bond donors (Lipinski definition) is 0. The first-order valence-electron chi connectivity index (χ1n) is 11.0. The molecule has 0 bridgehead atoms. The van der Waals surface area contributed by atoms with E-state index in [1.54, 1.807) is 0 Å². The first-order chi connectivity index (χ1) is 14.1. The minimum Gasteiger partial charge on any atom is -0.303 e. The number of hydrogen-bond acceptors (Lipinski definition) is 1. The topological polar surface area (TPSA) is 20.3 Å². The highest BCUT2D eigenvalue weighted by Crippen LogP contribution is 2.52. The minimum atomic E-state index is -2.14. The van der Waals surface area contributed by atoms with E-state index >= 15 is 0 Å². The molecule has 1 aliphatic rings. The fourth-order valence-corrected chi connectivity index (χ4v) is 13.9. The zero-order valence-electron chi connectivity index (χ0n) is 19.3. The molecule has 1 amide bonds. The van der Waals surface area contributed by atoms with E-state index in [0.717, 1.165) is 32.6 Å². The van der Waals surface area contributed by atoms with E-state index in [2.05, 4.69) is 78.8 Å². The molecule has 30 heavy (non-hydrogen) atoms. The highest BCUT2D eigenvalue weighted by atomic mass is 35.5. The Labute approximate surface area is 188 Å². The molecule has 4 heteroatoms. The number of rotatable bonds is 6. The van der Waals surface area contributed by atoms with E-state index < -0.39 is 8.07 Å². The molecule has 0 aliphatic carbocycles. The van der Waals surface area contributed by atoms with Crippen molar-refractivity contribution >= 4 is 36.8 Å². The number of benzene rings is 2. The summed E-state index contributed by atoms with van der Waals surface area (Å²) in [5, 5.41) is 0. The first kappa shape index (κ1) is 22.8. The molecule has 1 heterocycles. The Bertz CT molecular complexity index is 940. The van der Waals surface area contributed by atoms with Gasteiger partial charge < -0.3 is 4.90 Å². The number of nitrogens with zero attached hydrogens (tertiary/aromatic N) is 1. The standard InChI is InChI=1S/C26H34ClNOSi/c1-17(2)30(18(3)4,19(5)6)25(27)24-22-14-13-20(7)15-23(22)28(26(24)29)16-21-11-9-8-10-12-21/h8-15,17-19H,16H2,1-7H3/b25-24-. The van der Waals surface area contributed by atoms with Gasteiger partial charge in [-0.3, -0.25) is 4.79 Å². The van der Waals surface area contributed by atoms with Crippen molar-refractivity contribution in [1.82, 2.24) is 0 Å². The van der Waals surface area contributed by atoms with Gasteiger partial charge in [-0.15, -0.1) is 0 Å². The van der Waals surface area contributed by atoms with Crippen LogP contribution in [0.15, 0.2) is 53.2 Å². The number of carbonyl (C=O) groups excluding carboxylic acids is 1. The molecule has 1 aliphatic heterocycles. The Morgan fingerprint density at radius 1 is 0.933 bits per heavy atom. The molecule has 0 fully saturated rings. The van der Waals surface area contributed by atoms with Crippen molar-refractivity contribution < 1.29 is 4.79 Å². The molecular formula is C26H34ClNOSi. The van der Waals surface area contributed by atoms with Crippen molar-refractivity contribution in [2.24, 2.45) is 0 Å². The van der Waals surface area contributed by atoms with Crippen LogP contribution in [0.2, 0.25) is 16.6 Å². The van der Waals surface area contributed by atoms with E-state index in [0.29, 0.717) is 23.2 Å². The molecule has 0 atom stereocenters. The van der Waals surface area contributed by atoms with Crippen LogP contribution in [0.5, 0.6) is 0 Å². The van der Waals surface area contributed by atoms with Gasteiger partial charge in [-0.1, -0.05) is 95.6 Å². The summed E-state index contributed by atoms with van der Waals surface area (Å²) in [6.45, 7) is 16.3. The zero-order valence-corrected chi connectivity index (χ0v) is 21.0. The van der Waals surface area contributed by atoms with Crippen molar-refractivity contribution in [3.05, 3.63) is 69.9 Å². The lowest BCUT2D eigenvalue weighted by atomic mass is 10.1. The van der Waals surface area contributed by atoms with Gasteiger partial charge in [-0.2, -0.15) is 0 Å². The molecule has 0 saturated heterocycles. The average molecular weight is 440 g/mol. The van der Waals surface area contributed by atoms with Crippen LogP contribution >= 0.6 is 11.6 Å². The van der Waals surface area contributed by atoms with Gasteiger partial charge in [0.15, 0.2) is 0 Å². The van der Waals surface area contributed by atoms with E-state index in [1.165, 1.54) is 0 Å². The van der Waals surface area contributed by atoms with Crippen molar-refractivity contribution in [3.63, 3.8) is 0 Å². The quantitative estimate of drug-likeness (QED) is 0.333. The van der Waals surface area contributed by atoms with E-state index in [1.807, 2.05) is 23.1 Å². The summed E-state index contributed by atoms with van der Waals surface area (Å²) >= 11 is 7.32. The smallest absolute Gasteiger partial charge is 0.260 e. The largest absolute Gasteiger partial charge is 0.303 e. The minimum absolute atomic E-state index is 0.0447. The third-order valence-electron chi connectivity index (χ3n) is 6.82. The Morgan fingerprint density at radius 3 is 2.03 bits per heavy atom. The van der Waals surface area contributed by atoms with Gasteiger partial charge in [0.1, 0.15) is 8.07 Å². The fourth-order valence-electron chi connectivity index (χ4n) is 5.55. The van der Waals surface area contributed by atoms with Crippen LogP contribution in [0.1, 0.15) is 58.2 Å². The van der Waals surface area contributed by atoms with Gasteiger partial charge in [-0.05, 0) is 40.7 Å². The number of halogens is 1. The molecule has 3 rings (SSSR count). The van der Waals surface area contributed by atoms with Gasteiger partial charge >= 0.3 is 0 Å². The molecule has 0 unspecified atom stereocenters. The van der Waals surface area contributed by atoms with E-state index in [-0.39, 0.29) is 5.91 Å². The van der Waals surface area contributed by atoms with E-state index in [4.69, 9.17) is 11.6 Å². The van der Waals surface area contributed by atoms with Crippen LogP contribution < -0.4 is 4.90 Å². The fraction of sp³-hybridized carbons (Fsp3) is 0.423. The number of fused-ring (bicyclic) bond motifs is 1. The van der Waals surface area contributed by atoms with Gasteiger partial charge in [0.2, 0.25) is 0 Å². The van der Waals surface area contributed by atoms with Crippen molar-refractivity contribution in [2.75, 3.05) is 4.90 Å². The third kappa shape index (κ3) is 3.67. The van der Waals surface area contributed by atoms with Gasteiger partial charge in [0.05, 0.1) is 17.8 Å². The Kier molecular flexibility index (Phi) is 6.64. The molecule has 2 aromatic rings. The second-order valence-electron chi connectivity index (χ2n) is 9.48. The normalized spacial score (nSPS) is 16.1. The predicted octanol–water partition coefficient (Wildman–Crippen LogP) is 7.71. The molecule has 0 radical (unpaired) electrons. The van der Waals surface area contributed by atoms with Crippen molar-refractivity contribution in [1.29, 1.82) is 0 Å². The molecule has 2 aromatic carbocycles. The second-order valence-corrected chi connectivity index (χ2v) is 16.0. The second kappa shape index (κ2) is 8.72. The average Bonchev–Trinajstić information content (AvgIpc) is 2.93. The summed E-state index contributed by atoms with van der Waals surface area (Å²) in [5.41, 5.74) is 6.33. The maximum Gasteiger partial charge on any atom is 0.260 e. The number of amides is 1. The maximum absolute atomic E-state index is 13.8. The lowest BCUT2D eigenvalue weighted by Gasteiger charge is -2.43. The monoisotopic (exact) mass is 439 g/mol. The van der Waals surface area contributed by atoms with Crippen LogP contribution in [0.4, 0.5) is 5.69 Å². The number of aryl methyl sites for hydroxylation is 1. The van der Waals surface area contributed by atoms with Gasteiger partial charge in [-0.25, -0.2) is 0 Å². The van der Waals surface area contributed by atoms with Crippen LogP contribution in [-0.2, 0) is 11.3 Å². The molecular weight excluding hydrogens is 406 g/mol. The number of carbonyl (C=O) groups is 1. The Hall–Kier alpha value is -1.84. The SMILES string of the molecule is Cc1ccc2c(c1)N(Cc1ccccc1)C(=O)/C2=C(/Cl)[Si](C(C)C)(C(C)C)C(C)C. The summed E-state index contributed by atoms with van der Waals surface area (Å²) in [5.74, 6) is 0.0447.